The molecule has 2 N–H and O–H groups in total. The summed E-state index contributed by atoms with van der Waals surface area (Å²) in [6, 6.07) is 3.32. The molecule has 0 fully saturated rings. The van der Waals surface area contributed by atoms with Gasteiger partial charge in [0.05, 0.1) is 12.3 Å². The first-order valence-electron chi connectivity index (χ1n) is 3.93. The number of benzene rings is 1. The van der Waals surface area contributed by atoms with Crippen molar-refractivity contribution in [3.05, 3.63) is 35.4 Å². The van der Waals surface area contributed by atoms with Crippen LogP contribution in [0.3, 0.4) is 0 Å². The summed E-state index contributed by atoms with van der Waals surface area (Å²) in [5.41, 5.74) is 0.427. The molecule has 1 unspecified atom stereocenters. The molecule has 1 atom stereocenters. The number of oxime groups is 1. The van der Waals surface area contributed by atoms with E-state index in [1.54, 1.807) is 0 Å². The number of rotatable bonds is 3. The zero-order valence-corrected chi connectivity index (χ0v) is 7.19. The van der Waals surface area contributed by atoms with Gasteiger partial charge in [0.2, 0.25) is 0 Å². The molecule has 76 valence electrons. The predicted octanol–water partition coefficient (Wildman–Crippen LogP) is 1.33. The zero-order chi connectivity index (χ0) is 10.6. The Labute approximate surface area is 79.3 Å². The molecule has 1 rings (SSSR count). The van der Waals surface area contributed by atoms with Gasteiger partial charge in [0, 0.05) is 6.42 Å². The summed E-state index contributed by atoms with van der Waals surface area (Å²) in [6.45, 7) is 0. The standard InChI is InChI=1S/C9H9F2NO2/c10-8-2-1-6(4-9(8)11)3-7(13)5-12-14/h1-2,4-5,7,13-14H,3H2. The highest BCUT2D eigenvalue weighted by Gasteiger charge is 2.06. The van der Waals surface area contributed by atoms with Crippen molar-refractivity contribution < 1.29 is 19.1 Å². The maximum Gasteiger partial charge on any atom is 0.159 e. The van der Waals surface area contributed by atoms with Crippen LogP contribution < -0.4 is 0 Å². The molecular weight excluding hydrogens is 192 g/mol. The van der Waals surface area contributed by atoms with Crippen molar-refractivity contribution in [1.29, 1.82) is 0 Å². The van der Waals surface area contributed by atoms with E-state index >= 15 is 0 Å². The summed E-state index contributed by atoms with van der Waals surface area (Å²) in [4.78, 5) is 0. The normalized spacial score (nSPS) is 13.4. The largest absolute Gasteiger partial charge is 0.411 e. The van der Waals surface area contributed by atoms with Crippen molar-refractivity contribution in [3.8, 4) is 0 Å². The third-order valence-corrected chi connectivity index (χ3v) is 1.67. The highest BCUT2D eigenvalue weighted by atomic mass is 19.2. The van der Waals surface area contributed by atoms with E-state index in [4.69, 9.17) is 10.3 Å². The number of hydrogen-bond donors (Lipinski definition) is 2. The molecule has 0 saturated heterocycles. The monoisotopic (exact) mass is 201 g/mol. The molecule has 1 aromatic carbocycles. The summed E-state index contributed by atoms with van der Waals surface area (Å²) in [7, 11) is 0. The van der Waals surface area contributed by atoms with Crippen LogP contribution in [-0.4, -0.2) is 22.6 Å². The molecule has 3 nitrogen and oxygen atoms in total. The fraction of sp³-hybridized carbons (Fsp3) is 0.222. The third kappa shape index (κ3) is 2.77. The Morgan fingerprint density at radius 2 is 2.07 bits per heavy atom. The molecule has 0 aromatic heterocycles. The Kier molecular flexibility index (Phi) is 3.53. The maximum atomic E-state index is 12.7. The van der Waals surface area contributed by atoms with E-state index in [0.717, 1.165) is 18.3 Å². The van der Waals surface area contributed by atoms with Crippen molar-refractivity contribution in [2.75, 3.05) is 0 Å². The molecule has 5 heteroatoms. The van der Waals surface area contributed by atoms with Crippen LogP contribution in [0.15, 0.2) is 23.4 Å². The van der Waals surface area contributed by atoms with Gasteiger partial charge in [-0.25, -0.2) is 8.78 Å². The zero-order valence-electron chi connectivity index (χ0n) is 7.19. The van der Waals surface area contributed by atoms with E-state index < -0.39 is 17.7 Å². The minimum atomic E-state index is -1.01. The van der Waals surface area contributed by atoms with E-state index in [9.17, 15) is 8.78 Å². The molecule has 0 spiro atoms. The average molecular weight is 201 g/mol. The second-order valence-corrected chi connectivity index (χ2v) is 2.78. The van der Waals surface area contributed by atoms with Gasteiger partial charge in [0.15, 0.2) is 11.6 Å². The molecule has 0 bridgehead atoms. The number of aliphatic hydroxyl groups is 1. The second-order valence-electron chi connectivity index (χ2n) is 2.78. The predicted molar refractivity (Wildman–Crippen MR) is 46.3 cm³/mol. The fourth-order valence-electron chi connectivity index (χ4n) is 1.04. The van der Waals surface area contributed by atoms with Crippen molar-refractivity contribution in [3.63, 3.8) is 0 Å². The Hall–Kier alpha value is -1.49. The van der Waals surface area contributed by atoms with Gasteiger partial charge in [-0.1, -0.05) is 11.2 Å². The van der Waals surface area contributed by atoms with E-state index in [0.29, 0.717) is 5.56 Å². The summed E-state index contributed by atoms with van der Waals surface area (Å²) in [6.07, 6.45) is -0.0347. The van der Waals surface area contributed by atoms with Crippen molar-refractivity contribution >= 4 is 6.21 Å². The van der Waals surface area contributed by atoms with Gasteiger partial charge in [-0.05, 0) is 17.7 Å². The van der Waals surface area contributed by atoms with E-state index in [1.165, 1.54) is 6.07 Å². The summed E-state index contributed by atoms with van der Waals surface area (Å²) >= 11 is 0. The quantitative estimate of drug-likeness (QED) is 0.440. The summed E-state index contributed by atoms with van der Waals surface area (Å²) < 4.78 is 25.2. The SMILES string of the molecule is ON=CC(O)Cc1ccc(F)c(F)c1. The summed E-state index contributed by atoms with van der Waals surface area (Å²) in [5.74, 6) is -1.89. The fourth-order valence-corrected chi connectivity index (χ4v) is 1.04. The van der Waals surface area contributed by atoms with Crippen LogP contribution >= 0.6 is 0 Å². The van der Waals surface area contributed by atoms with E-state index in [-0.39, 0.29) is 6.42 Å². The van der Waals surface area contributed by atoms with Gasteiger partial charge in [-0.2, -0.15) is 0 Å². The molecule has 0 aliphatic carbocycles. The van der Waals surface area contributed by atoms with Gasteiger partial charge in [-0.15, -0.1) is 0 Å². The first-order valence-corrected chi connectivity index (χ1v) is 3.93. The highest BCUT2D eigenvalue weighted by Crippen LogP contribution is 2.10. The molecule has 0 amide bonds. The number of halogens is 2. The molecule has 0 radical (unpaired) electrons. The number of hydrogen-bond acceptors (Lipinski definition) is 3. The third-order valence-electron chi connectivity index (χ3n) is 1.67. The first kappa shape index (κ1) is 10.6. The molecule has 0 heterocycles. The van der Waals surface area contributed by atoms with Crippen LogP contribution in [-0.2, 0) is 6.42 Å². The van der Waals surface area contributed by atoms with Crippen LogP contribution in [0.2, 0.25) is 0 Å². The molecule has 1 aromatic rings. The molecule has 0 aliphatic rings. The van der Waals surface area contributed by atoms with Gasteiger partial charge < -0.3 is 10.3 Å². The number of aliphatic hydroxyl groups excluding tert-OH is 1. The van der Waals surface area contributed by atoms with E-state index in [1.807, 2.05) is 0 Å². The van der Waals surface area contributed by atoms with Gasteiger partial charge in [0.1, 0.15) is 0 Å². The summed E-state index contributed by atoms with van der Waals surface area (Å²) in [5, 5.41) is 19.9. The Bertz CT molecular complexity index is 342. The lowest BCUT2D eigenvalue weighted by Crippen LogP contribution is -2.12. The number of nitrogens with zero attached hydrogens (tertiary/aromatic N) is 1. The van der Waals surface area contributed by atoms with Gasteiger partial charge in [-0.3, -0.25) is 0 Å². The molecule has 0 saturated carbocycles. The lowest BCUT2D eigenvalue weighted by Gasteiger charge is -2.04. The van der Waals surface area contributed by atoms with Gasteiger partial charge >= 0.3 is 0 Å². The molecule has 14 heavy (non-hydrogen) atoms. The van der Waals surface area contributed by atoms with E-state index in [2.05, 4.69) is 5.16 Å². The Morgan fingerprint density at radius 3 is 2.64 bits per heavy atom. The van der Waals surface area contributed by atoms with Gasteiger partial charge in [0.25, 0.3) is 0 Å². The molecule has 0 aliphatic heterocycles. The van der Waals surface area contributed by atoms with Crippen LogP contribution in [0.25, 0.3) is 0 Å². The lowest BCUT2D eigenvalue weighted by atomic mass is 10.1. The second kappa shape index (κ2) is 4.66. The van der Waals surface area contributed by atoms with Crippen molar-refractivity contribution in [1.82, 2.24) is 0 Å². The minimum absolute atomic E-state index is 0.0707. The first-order chi connectivity index (χ1) is 6.63. The van der Waals surface area contributed by atoms with Crippen LogP contribution in [0, 0.1) is 11.6 Å². The smallest absolute Gasteiger partial charge is 0.159 e. The Balaban J connectivity index is 2.73. The van der Waals surface area contributed by atoms with Crippen LogP contribution in [0.5, 0.6) is 0 Å². The maximum absolute atomic E-state index is 12.7. The van der Waals surface area contributed by atoms with Crippen LogP contribution in [0.1, 0.15) is 5.56 Å². The average Bonchev–Trinajstić information content (AvgIpc) is 2.12. The molecular formula is C9H9F2NO2. The highest BCUT2D eigenvalue weighted by molar-refractivity contribution is 5.62. The topological polar surface area (TPSA) is 52.8 Å². The minimum Gasteiger partial charge on any atom is -0.411 e. The lowest BCUT2D eigenvalue weighted by molar-refractivity contribution is 0.237. The van der Waals surface area contributed by atoms with Crippen LogP contribution in [0.4, 0.5) is 8.78 Å². The Morgan fingerprint density at radius 1 is 1.36 bits per heavy atom. The van der Waals surface area contributed by atoms with Crippen molar-refractivity contribution in [2.24, 2.45) is 5.16 Å². The van der Waals surface area contributed by atoms with Crippen molar-refractivity contribution in [2.45, 2.75) is 12.5 Å².